The number of hydrogen-bond acceptors (Lipinski definition) is 4. The number of thiazole rings is 1. The van der Waals surface area contributed by atoms with Crippen molar-refractivity contribution < 1.29 is 8.78 Å². The molecule has 3 nitrogen and oxygen atoms in total. The minimum Gasteiger partial charge on any atom is -0.345 e. The maximum Gasteiger partial charge on any atom is 0.255 e. The van der Waals surface area contributed by atoms with Gasteiger partial charge in [0.1, 0.15) is 0 Å². The minimum atomic E-state index is -2.38. The summed E-state index contributed by atoms with van der Waals surface area (Å²) in [4.78, 5) is 6.80. The van der Waals surface area contributed by atoms with Gasteiger partial charge >= 0.3 is 0 Å². The van der Waals surface area contributed by atoms with Gasteiger partial charge in [0.2, 0.25) is 0 Å². The second-order valence-electron chi connectivity index (χ2n) is 4.11. The lowest BCUT2D eigenvalue weighted by molar-refractivity contribution is 0.156. The van der Waals surface area contributed by atoms with E-state index in [1.807, 2.05) is 30.3 Å². The van der Waals surface area contributed by atoms with Crippen molar-refractivity contribution in [2.45, 2.75) is 13.0 Å². The lowest BCUT2D eigenvalue weighted by atomic mass is 10.1. The van der Waals surface area contributed by atoms with Crippen LogP contribution in [0.2, 0.25) is 0 Å². The summed E-state index contributed by atoms with van der Waals surface area (Å²) in [6.45, 7) is 0.0240. The number of nitrogens with two attached hydrogens (primary N) is 1. The second-order valence-corrected chi connectivity index (χ2v) is 5.17. The summed E-state index contributed by atoms with van der Waals surface area (Å²) in [7, 11) is 1.61. The standard InChI is InChI=1S/C13H15F2N3S/c1-18(8-11(14)15)13-17-12(10(7-16)19-13)9-5-3-2-4-6-9/h2-6,11H,7-8,16H2,1H3. The molecular formula is C13H15F2N3S. The van der Waals surface area contributed by atoms with Gasteiger partial charge in [0.05, 0.1) is 12.2 Å². The highest BCUT2D eigenvalue weighted by molar-refractivity contribution is 7.16. The summed E-state index contributed by atoms with van der Waals surface area (Å²) in [5.74, 6) is 0. The van der Waals surface area contributed by atoms with E-state index in [-0.39, 0.29) is 6.54 Å². The van der Waals surface area contributed by atoms with Crippen LogP contribution in [0.25, 0.3) is 11.3 Å². The third-order valence-corrected chi connectivity index (χ3v) is 3.85. The zero-order chi connectivity index (χ0) is 13.8. The molecule has 0 bridgehead atoms. The molecule has 6 heteroatoms. The van der Waals surface area contributed by atoms with Crippen LogP contribution in [-0.4, -0.2) is 25.0 Å². The van der Waals surface area contributed by atoms with Crippen LogP contribution in [0.5, 0.6) is 0 Å². The predicted octanol–water partition coefficient (Wildman–Crippen LogP) is 2.97. The molecule has 2 rings (SSSR count). The third-order valence-electron chi connectivity index (χ3n) is 2.66. The summed E-state index contributed by atoms with van der Waals surface area (Å²) >= 11 is 1.36. The average Bonchev–Trinajstić information content (AvgIpc) is 2.83. The average molecular weight is 283 g/mol. The van der Waals surface area contributed by atoms with Gasteiger partial charge in [0.25, 0.3) is 6.43 Å². The summed E-state index contributed by atoms with van der Waals surface area (Å²) < 4.78 is 24.8. The predicted molar refractivity (Wildman–Crippen MR) is 74.7 cm³/mol. The summed E-state index contributed by atoms with van der Waals surface area (Å²) in [6.07, 6.45) is -2.38. The molecule has 0 aliphatic heterocycles. The van der Waals surface area contributed by atoms with Crippen molar-refractivity contribution in [1.29, 1.82) is 0 Å². The topological polar surface area (TPSA) is 42.2 Å². The fraction of sp³-hybridized carbons (Fsp3) is 0.308. The van der Waals surface area contributed by atoms with E-state index in [9.17, 15) is 8.78 Å². The number of alkyl halides is 2. The van der Waals surface area contributed by atoms with Crippen LogP contribution < -0.4 is 10.6 Å². The Labute approximate surface area is 114 Å². The van der Waals surface area contributed by atoms with Crippen molar-refractivity contribution in [3.8, 4) is 11.3 Å². The van der Waals surface area contributed by atoms with Crippen molar-refractivity contribution in [2.24, 2.45) is 5.73 Å². The molecule has 2 N–H and O–H groups in total. The van der Waals surface area contributed by atoms with E-state index in [2.05, 4.69) is 4.98 Å². The fourth-order valence-electron chi connectivity index (χ4n) is 1.75. The number of aromatic nitrogens is 1. The highest BCUT2D eigenvalue weighted by Gasteiger charge is 2.16. The number of nitrogens with zero attached hydrogens (tertiary/aromatic N) is 2. The summed E-state index contributed by atoms with van der Waals surface area (Å²) in [5, 5.41) is 0.569. The van der Waals surface area contributed by atoms with E-state index >= 15 is 0 Å². The smallest absolute Gasteiger partial charge is 0.255 e. The van der Waals surface area contributed by atoms with Crippen LogP contribution in [0.3, 0.4) is 0 Å². The largest absolute Gasteiger partial charge is 0.345 e. The highest BCUT2D eigenvalue weighted by atomic mass is 32.1. The molecule has 0 radical (unpaired) electrons. The first-order valence-corrected chi connectivity index (χ1v) is 6.68. The van der Waals surface area contributed by atoms with E-state index in [1.54, 1.807) is 7.05 Å². The van der Waals surface area contributed by atoms with Gasteiger partial charge in [-0.3, -0.25) is 0 Å². The molecule has 0 saturated carbocycles. The molecule has 19 heavy (non-hydrogen) atoms. The van der Waals surface area contributed by atoms with Crippen LogP contribution in [0.15, 0.2) is 30.3 Å². The van der Waals surface area contributed by atoms with E-state index < -0.39 is 6.43 Å². The van der Waals surface area contributed by atoms with Crippen molar-refractivity contribution in [2.75, 3.05) is 18.5 Å². The van der Waals surface area contributed by atoms with Crippen molar-refractivity contribution in [3.63, 3.8) is 0 Å². The van der Waals surface area contributed by atoms with Gasteiger partial charge in [0, 0.05) is 24.0 Å². The molecule has 0 aliphatic rings. The summed E-state index contributed by atoms with van der Waals surface area (Å²) in [6, 6.07) is 9.62. The molecule has 2 aromatic rings. The molecule has 0 fully saturated rings. The van der Waals surface area contributed by atoms with Crippen molar-refractivity contribution in [1.82, 2.24) is 4.98 Å². The Bertz CT molecular complexity index is 528. The Morgan fingerprint density at radius 1 is 1.32 bits per heavy atom. The van der Waals surface area contributed by atoms with Crippen LogP contribution >= 0.6 is 11.3 Å². The SMILES string of the molecule is CN(CC(F)F)c1nc(-c2ccccc2)c(CN)s1. The van der Waals surface area contributed by atoms with Gasteiger partial charge in [-0.25, -0.2) is 13.8 Å². The van der Waals surface area contributed by atoms with Gasteiger partial charge in [-0.1, -0.05) is 41.7 Å². The summed E-state index contributed by atoms with van der Waals surface area (Å²) in [5.41, 5.74) is 7.44. The molecular weight excluding hydrogens is 268 g/mol. The molecule has 0 amide bonds. The Morgan fingerprint density at radius 3 is 2.58 bits per heavy atom. The van der Waals surface area contributed by atoms with E-state index in [0.29, 0.717) is 11.7 Å². The Balaban J connectivity index is 2.33. The third kappa shape index (κ3) is 3.27. The number of benzene rings is 1. The molecule has 0 spiro atoms. The minimum absolute atomic E-state index is 0.328. The first-order chi connectivity index (χ1) is 9.11. The lowest BCUT2D eigenvalue weighted by Gasteiger charge is -2.14. The van der Waals surface area contributed by atoms with Crippen molar-refractivity contribution in [3.05, 3.63) is 35.2 Å². The van der Waals surface area contributed by atoms with Gasteiger partial charge in [-0.05, 0) is 0 Å². The van der Waals surface area contributed by atoms with Crippen LogP contribution in [0.1, 0.15) is 4.88 Å². The molecule has 0 aliphatic carbocycles. The molecule has 1 aromatic heterocycles. The first kappa shape index (κ1) is 13.9. The second kappa shape index (κ2) is 6.08. The number of halogens is 2. The Morgan fingerprint density at radius 2 is 2.00 bits per heavy atom. The van der Waals surface area contributed by atoms with Crippen LogP contribution in [-0.2, 0) is 6.54 Å². The van der Waals surface area contributed by atoms with E-state index in [4.69, 9.17) is 5.73 Å². The Hall–Kier alpha value is -1.53. The first-order valence-electron chi connectivity index (χ1n) is 5.86. The van der Waals surface area contributed by atoms with Gasteiger partial charge < -0.3 is 10.6 Å². The molecule has 1 aromatic carbocycles. The van der Waals surface area contributed by atoms with Gasteiger partial charge in [-0.15, -0.1) is 0 Å². The van der Waals surface area contributed by atoms with Gasteiger partial charge in [-0.2, -0.15) is 0 Å². The van der Waals surface area contributed by atoms with Gasteiger partial charge in [0.15, 0.2) is 5.13 Å². The van der Waals surface area contributed by atoms with E-state index in [1.165, 1.54) is 16.2 Å². The maximum atomic E-state index is 12.4. The fourth-order valence-corrected chi connectivity index (χ4v) is 2.68. The number of rotatable bonds is 5. The van der Waals surface area contributed by atoms with Crippen molar-refractivity contribution >= 4 is 16.5 Å². The quantitative estimate of drug-likeness (QED) is 0.917. The maximum absolute atomic E-state index is 12.4. The monoisotopic (exact) mass is 283 g/mol. The van der Waals surface area contributed by atoms with Crippen LogP contribution in [0, 0.1) is 0 Å². The highest BCUT2D eigenvalue weighted by Crippen LogP contribution is 2.32. The number of hydrogen-bond donors (Lipinski definition) is 1. The molecule has 0 saturated heterocycles. The molecule has 1 heterocycles. The van der Waals surface area contributed by atoms with E-state index in [0.717, 1.165) is 16.1 Å². The lowest BCUT2D eigenvalue weighted by Crippen LogP contribution is -2.23. The zero-order valence-electron chi connectivity index (χ0n) is 10.5. The normalized spacial score (nSPS) is 11.0. The molecule has 0 unspecified atom stereocenters. The zero-order valence-corrected chi connectivity index (χ0v) is 11.3. The molecule has 102 valence electrons. The molecule has 0 atom stereocenters. The number of anilines is 1. The van der Waals surface area contributed by atoms with Crippen LogP contribution in [0.4, 0.5) is 13.9 Å². The Kier molecular flexibility index (Phi) is 4.44.